The molecule has 1 aliphatic heterocycles. The molecule has 0 fully saturated rings. The third kappa shape index (κ3) is 3.10. The summed E-state index contributed by atoms with van der Waals surface area (Å²) in [7, 11) is 1.87. The molecule has 4 aromatic rings. The summed E-state index contributed by atoms with van der Waals surface area (Å²) in [5.41, 5.74) is 3.87. The number of hydrogen-bond donors (Lipinski definition) is 1. The smallest absolute Gasteiger partial charge is 0.268 e. The van der Waals surface area contributed by atoms with Crippen LogP contribution < -0.4 is 10.1 Å². The maximum absolute atomic E-state index is 14.4. The molecule has 2 aromatic carbocycles. The van der Waals surface area contributed by atoms with Gasteiger partial charge in [0.15, 0.2) is 0 Å². The zero-order valence-corrected chi connectivity index (χ0v) is 16.4. The molecule has 30 heavy (non-hydrogen) atoms. The Balaban J connectivity index is 1.33. The minimum absolute atomic E-state index is 0.178. The number of aromatic nitrogens is 2. The highest BCUT2D eigenvalue weighted by Crippen LogP contribution is 2.40. The molecule has 0 bridgehead atoms. The predicted molar refractivity (Wildman–Crippen MR) is 113 cm³/mol. The molecule has 1 aliphatic rings. The van der Waals surface area contributed by atoms with Crippen molar-refractivity contribution in [3.63, 3.8) is 0 Å². The van der Waals surface area contributed by atoms with Crippen LogP contribution in [0.3, 0.4) is 0 Å². The van der Waals surface area contributed by atoms with Gasteiger partial charge in [-0.2, -0.15) is 0 Å². The van der Waals surface area contributed by atoms with Crippen LogP contribution >= 0.6 is 0 Å². The van der Waals surface area contributed by atoms with E-state index in [4.69, 9.17) is 4.74 Å². The van der Waals surface area contributed by atoms with E-state index < -0.39 is 0 Å². The summed E-state index contributed by atoms with van der Waals surface area (Å²) in [5.74, 6) is 0.0819. The molecule has 6 heteroatoms. The van der Waals surface area contributed by atoms with Crippen LogP contribution in [0.5, 0.6) is 5.75 Å². The fraction of sp³-hybridized carbons (Fsp3) is 0.167. The number of amides is 1. The van der Waals surface area contributed by atoms with Gasteiger partial charge in [-0.3, -0.25) is 9.78 Å². The van der Waals surface area contributed by atoms with Crippen LogP contribution in [0, 0.1) is 5.82 Å². The Morgan fingerprint density at radius 2 is 2.00 bits per heavy atom. The summed E-state index contributed by atoms with van der Waals surface area (Å²) in [6, 6.07) is 16.6. The molecule has 0 saturated carbocycles. The summed E-state index contributed by atoms with van der Waals surface area (Å²) >= 11 is 0. The number of rotatable bonds is 4. The monoisotopic (exact) mass is 401 g/mol. The average molecular weight is 401 g/mol. The minimum atomic E-state index is -0.323. The van der Waals surface area contributed by atoms with Crippen molar-refractivity contribution >= 4 is 16.8 Å². The average Bonchev–Trinajstić information content (AvgIpc) is 3.35. The lowest BCUT2D eigenvalue weighted by Crippen LogP contribution is -2.35. The Kier molecular flexibility index (Phi) is 4.47. The van der Waals surface area contributed by atoms with Gasteiger partial charge in [-0.1, -0.05) is 18.2 Å². The molecule has 1 amide bonds. The van der Waals surface area contributed by atoms with E-state index in [1.807, 2.05) is 54.1 Å². The minimum Gasteiger partial charge on any atom is -0.487 e. The maximum atomic E-state index is 14.4. The molecule has 0 aliphatic carbocycles. The first kappa shape index (κ1) is 18.4. The Morgan fingerprint density at radius 3 is 2.80 bits per heavy atom. The predicted octanol–water partition coefficient (Wildman–Crippen LogP) is 4.11. The number of ether oxygens (including phenoxy) is 1. The second-order valence-corrected chi connectivity index (χ2v) is 7.44. The first-order valence-electron chi connectivity index (χ1n) is 9.83. The number of benzene rings is 2. The van der Waals surface area contributed by atoms with Crippen molar-refractivity contribution in [3.8, 4) is 16.9 Å². The van der Waals surface area contributed by atoms with E-state index in [0.29, 0.717) is 30.0 Å². The lowest BCUT2D eigenvalue weighted by Gasteiger charge is -2.14. The van der Waals surface area contributed by atoms with Gasteiger partial charge in [-0.05, 0) is 42.0 Å². The highest BCUT2D eigenvalue weighted by molar-refractivity contribution is 5.98. The molecule has 0 radical (unpaired) electrons. The van der Waals surface area contributed by atoms with Crippen molar-refractivity contribution in [2.24, 2.45) is 7.05 Å². The van der Waals surface area contributed by atoms with Crippen LogP contribution in [0.25, 0.3) is 22.0 Å². The lowest BCUT2D eigenvalue weighted by atomic mass is 10.0. The van der Waals surface area contributed by atoms with Gasteiger partial charge in [0.2, 0.25) is 0 Å². The van der Waals surface area contributed by atoms with E-state index in [-0.39, 0.29) is 17.8 Å². The van der Waals surface area contributed by atoms with Gasteiger partial charge < -0.3 is 14.6 Å². The third-order valence-corrected chi connectivity index (χ3v) is 5.59. The molecule has 5 nitrogen and oxygen atoms in total. The number of carbonyl (C=O) groups excluding carboxylic acids is 1. The van der Waals surface area contributed by atoms with E-state index in [0.717, 1.165) is 22.0 Å². The van der Waals surface area contributed by atoms with Gasteiger partial charge in [-0.25, -0.2) is 4.39 Å². The van der Waals surface area contributed by atoms with Crippen LogP contribution in [0.1, 0.15) is 16.1 Å². The van der Waals surface area contributed by atoms with Gasteiger partial charge in [0.25, 0.3) is 5.91 Å². The van der Waals surface area contributed by atoms with Crippen LogP contribution in [0.15, 0.2) is 67.0 Å². The quantitative estimate of drug-likeness (QED) is 0.560. The molecule has 0 saturated heterocycles. The van der Waals surface area contributed by atoms with E-state index in [9.17, 15) is 9.18 Å². The Labute approximate surface area is 173 Å². The van der Waals surface area contributed by atoms with Crippen molar-refractivity contribution < 1.29 is 13.9 Å². The van der Waals surface area contributed by atoms with Gasteiger partial charge in [0, 0.05) is 47.9 Å². The zero-order chi connectivity index (χ0) is 20.7. The number of pyridine rings is 1. The van der Waals surface area contributed by atoms with Gasteiger partial charge in [0.1, 0.15) is 23.4 Å². The van der Waals surface area contributed by atoms with Crippen molar-refractivity contribution in [2.75, 3.05) is 6.54 Å². The van der Waals surface area contributed by atoms with Crippen molar-refractivity contribution in [1.82, 2.24) is 14.9 Å². The summed E-state index contributed by atoms with van der Waals surface area (Å²) in [6.07, 6.45) is 3.48. The number of carbonyl (C=O) groups is 1. The molecule has 1 unspecified atom stereocenters. The third-order valence-electron chi connectivity index (χ3n) is 5.59. The van der Waals surface area contributed by atoms with Crippen LogP contribution in [0.2, 0.25) is 0 Å². The highest BCUT2D eigenvalue weighted by Gasteiger charge is 2.29. The van der Waals surface area contributed by atoms with Crippen molar-refractivity contribution in [2.45, 2.75) is 12.5 Å². The molecule has 150 valence electrons. The maximum Gasteiger partial charge on any atom is 0.268 e. The first-order chi connectivity index (χ1) is 14.6. The molecule has 3 heterocycles. The second-order valence-electron chi connectivity index (χ2n) is 7.44. The number of nitrogens with zero attached hydrogens (tertiary/aromatic N) is 2. The van der Waals surface area contributed by atoms with E-state index in [2.05, 4.69) is 10.3 Å². The molecule has 2 aromatic heterocycles. The van der Waals surface area contributed by atoms with Gasteiger partial charge in [0.05, 0.1) is 6.54 Å². The van der Waals surface area contributed by atoms with Crippen LogP contribution in [-0.4, -0.2) is 28.1 Å². The first-order valence-corrected chi connectivity index (χ1v) is 9.83. The summed E-state index contributed by atoms with van der Waals surface area (Å²) in [5, 5.41) is 3.95. The van der Waals surface area contributed by atoms with Gasteiger partial charge in [-0.15, -0.1) is 0 Å². The Hall–Kier alpha value is -3.67. The number of para-hydroxylation sites is 1. The number of hydrogen-bond acceptors (Lipinski definition) is 3. The summed E-state index contributed by atoms with van der Waals surface area (Å²) in [6.45, 7) is 0.296. The van der Waals surface area contributed by atoms with E-state index >= 15 is 0 Å². The van der Waals surface area contributed by atoms with Crippen molar-refractivity contribution in [3.05, 3.63) is 84.1 Å². The fourth-order valence-corrected chi connectivity index (χ4v) is 4.04. The van der Waals surface area contributed by atoms with E-state index in [1.54, 1.807) is 18.5 Å². The molecular weight excluding hydrogens is 381 g/mol. The van der Waals surface area contributed by atoms with E-state index in [1.165, 1.54) is 6.07 Å². The number of nitrogens with one attached hydrogen (secondary N) is 1. The Bertz CT molecular complexity index is 1250. The Morgan fingerprint density at radius 1 is 1.20 bits per heavy atom. The molecular formula is C24H20FN3O2. The van der Waals surface area contributed by atoms with Crippen LogP contribution in [-0.2, 0) is 13.5 Å². The fourth-order valence-electron chi connectivity index (χ4n) is 4.04. The second kappa shape index (κ2) is 7.30. The SMILES string of the molecule is Cn1c(C(=O)NCC2Cc3c(F)ccc(-c4ccncc4)c3O2)cc2ccccc21. The van der Waals surface area contributed by atoms with Gasteiger partial charge >= 0.3 is 0 Å². The standard InChI is InChI=1S/C24H20FN3O2/c1-28-21-5-3-2-4-16(21)12-22(28)24(29)27-14-17-13-19-20(25)7-6-18(23(19)30-17)15-8-10-26-11-9-15/h2-12,17H,13-14H2,1H3,(H,27,29). The molecule has 1 atom stereocenters. The molecule has 0 spiro atoms. The largest absolute Gasteiger partial charge is 0.487 e. The number of aryl methyl sites for hydroxylation is 1. The number of fused-ring (bicyclic) bond motifs is 2. The molecule has 1 N–H and O–H groups in total. The highest BCUT2D eigenvalue weighted by atomic mass is 19.1. The topological polar surface area (TPSA) is 56.2 Å². The zero-order valence-electron chi connectivity index (χ0n) is 16.4. The normalized spacial score (nSPS) is 15.1. The molecule has 5 rings (SSSR count). The van der Waals surface area contributed by atoms with Crippen molar-refractivity contribution in [1.29, 1.82) is 0 Å². The summed E-state index contributed by atoms with van der Waals surface area (Å²) in [4.78, 5) is 16.8. The number of halogens is 1. The lowest BCUT2D eigenvalue weighted by molar-refractivity contribution is 0.0926. The summed E-state index contributed by atoms with van der Waals surface area (Å²) < 4.78 is 22.3. The van der Waals surface area contributed by atoms with Crippen LogP contribution in [0.4, 0.5) is 4.39 Å².